The van der Waals surface area contributed by atoms with E-state index in [0.29, 0.717) is 24.0 Å². The Labute approximate surface area is 184 Å². The highest BCUT2D eigenvalue weighted by molar-refractivity contribution is 7.89. The van der Waals surface area contributed by atoms with E-state index in [1.165, 1.54) is 12.1 Å². The second-order valence-electron chi connectivity index (χ2n) is 7.35. The second-order valence-corrected chi connectivity index (χ2v) is 9.29. The molecule has 0 radical (unpaired) electrons. The third kappa shape index (κ3) is 5.12. The van der Waals surface area contributed by atoms with Gasteiger partial charge in [0.1, 0.15) is 29.8 Å². The average Bonchev–Trinajstić information content (AvgIpc) is 2.97. The first-order valence-electron chi connectivity index (χ1n) is 9.84. The predicted octanol–water partition coefficient (Wildman–Crippen LogP) is 4.40. The topological polar surface area (TPSA) is 55.8 Å². The highest BCUT2D eigenvalue weighted by atomic mass is 32.2. The summed E-state index contributed by atoms with van der Waals surface area (Å²) in [6.07, 6.45) is 0. The van der Waals surface area contributed by atoms with Gasteiger partial charge in [-0.25, -0.2) is 21.6 Å². The van der Waals surface area contributed by atoms with Crippen LogP contribution in [0.4, 0.5) is 13.2 Å². The van der Waals surface area contributed by atoms with E-state index in [-0.39, 0.29) is 32.1 Å². The van der Waals surface area contributed by atoms with Crippen molar-refractivity contribution in [1.29, 1.82) is 0 Å². The largest absolute Gasteiger partial charge is 0.492 e. The third-order valence-electron chi connectivity index (χ3n) is 4.99. The molecule has 0 unspecified atom stereocenters. The summed E-state index contributed by atoms with van der Waals surface area (Å²) < 4.78 is 78.6. The Kier molecular flexibility index (Phi) is 6.50. The number of rotatable bonds is 6. The Morgan fingerprint density at radius 3 is 2.22 bits per heavy atom. The zero-order chi connectivity index (χ0) is 22.7. The van der Waals surface area contributed by atoms with E-state index < -0.39 is 26.6 Å². The number of sulfonamides is 1. The van der Waals surface area contributed by atoms with Crippen molar-refractivity contribution in [1.82, 2.24) is 4.31 Å². The van der Waals surface area contributed by atoms with Gasteiger partial charge in [-0.1, -0.05) is 18.2 Å². The first-order chi connectivity index (χ1) is 15.3. The molecule has 0 N–H and O–H groups in total. The fraction of sp³-hybridized carbons (Fsp3) is 0.217. The van der Waals surface area contributed by atoms with Gasteiger partial charge in [-0.15, -0.1) is 0 Å². The average molecular weight is 463 g/mol. The minimum absolute atomic E-state index is 0.0123. The summed E-state index contributed by atoms with van der Waals surface area (Å²) in [5, 5.41) is 0. The van der Waals surface area contributed by atoms with E-state index in [1.54, 1.807) is 24.3 Å². The van der Waals surface area contributed by atoms with Crippen LogP contribution in [-0.2, 0) is 34.5 Å². The predicted molar refractivity (Wildman–Crippen MR) is 111 cm³/mol. The minimum atomic E-state index is -4.13. The Morgan fingerprint density at radius 1 is 0.844 bits per heavy atom. The smallest absolute Gasteiger partial charge is 0.243 e. The molecule has 0 saturated carbocycles. The maximum Gasteiger partial charge on any atom is 0.243 e. The number of hydrogen-bond donors (Lipinski definition) is 0. The number of halogens is 3. The fourth-order valence-electron chi connectivity index (χ4n) is 3.41. The SMILES string of the molecule is O=S(=O)(c1cc(F)cc(F)c1)N1CCOc2ccc(COCc3ccc(F)cc3)cc2C1. The maximum absolute atomic E-state index is 13.6. The standard InChI is InChI=1S/C23H20F3NO4S/c24-19-4-1-16(2-5-19)14-30-15-17-3-6-23-18(9-17)13-27(7-8-31-23)32(28,29)22-11-20(25)10-21(26)12-22/h1-6,9-12H,7-8,13-15H2. The number of hydrogen-bond acceptors (Lipinski definition) is 4. The van der Waals surface area contributed by atoms with E-state index in [2.05, 4.69) is 0 Å². The molecule has 0 aromatic heterocycles. The Morgan fingerprint density at radius 2 is 1.50 bits per heavy atom. The lowest BCUT2D eigenvalue weighted by molar-refractivity contribution is 0.107. The molecular formula is C23H20F3NO4S. The van der Waals surface area contributed by atoms with Gasteiger partial charge in [-0.3, -0.25) is 0 Å². The molecule has 4 rings (SSSR count). The molecule has 0 amide bonds. The van der Waals surface area contributed by atoms with Gasteiger partial charge in [0.15, 0.2) is 0 Å². The van der Waals surface area contributed by atoms with Crippen LogP contribution >= 0.6 is 0 Å². The summed E-state index contributed by atoms with van der Waals surface area (Å²) in [7, 11) is -4.13. The first kappa shape index (κ1) is 22.3. The highest BCUT2D eigenvalue weighted by Gasteiger charge is 2.28. The molecule has 0 bridgehead atoms. The number of benzene rings is 3. The molecule has 1 aliphatic heterocycles. The quantitative estimate of drug-likeness (QED) is 0.544. The van der Waals surface area contributed by atoms with Crippen LogP contribution in [-0.4, -0.2) is 25.9 Å². The zero-order valence-corrected chi connectivity index (χ0v) is 17.7. The summed E-state index contributed by atoms with van der Waals surface area (Å²) >= 11 is 0. The maximum atomic E-state index is 13.6. The van der Waals surface area contributed by atoms with Crippen LogP contribution in [0.15, 0.2) is 65.6 Å². The van der Waals surface area contributed by atoms with Gasteiger partial charge in [0.2, 0.25) is 10.0 Å². The lowest BCUT2D eigenvalue weighted by atomic mass is 10.1. The lowest BCUT2D eigenvalue weighted by Crippen LogP contribution is -2.32. The fourth-order valence-corrected chi connectivity index (χ4v) is 4.86. The van der Waals surface area contributed by atoms with Crippen LogP contribution in [0.3, 0.4) is 0 Å². The molecule has 0 spiro atoms. The van der Waals surface area contributed by atoms with E-state index >= 15 is 0 Å². The van der Waals surface area contributed by atoms with Gasteiger partial charge < -0.3 is 9.47 Å². The van der Waals surface area contributed by atoms with Gasteiger partial charge in [0.25, 0.3) is 0 Å². The van der Waals surface area contributed by atoms with Crippen molar-refractivity contribution in [2.75, 3.05) is 13.2 Å². The molecule has 0 fully saturated rings. The summed E-state index contributed by atoms with van der Waals surface area (Å²) in [5.41, 5.74) is 2.24. The van der Waals surface area contributed by atoms with E-state index in [0.717, 1.165) is 27.6 Å². The number of ether oxygens (including phenoxy) is 2. The van der Waals surface area contributed by atoms with Crippen LogP contribution in [0.5, 0.6) is 5.75 Å². The molecule has 9 heteroatoms. The van der Waals surface area contributed by atoms with E-state index in [9.17, 15) is 21.6 Å². The van der Waals surface area contributed by atoms with Crippen molar-refractivity contribution < 1.29 is 31.1 Å². The molecule has 1 aliphatic rings. The van der Waals surface area contributed by atoms with Crippen molar-refractivity contribution in [2.24, 2.45) is 0 Å². The van der Waals surface area contributed by atoms with Crippen LogP contribution in [0.25, 0.3) is 0 Å². The summed E-state index contributed by atoms with van der Waals surface area (Å²) in [4.78, 5) is -0.447. The minimum Gasteiger partial charge on any atom is -0.492 e. The summed E-state index contributed by atoms with van der Waals surface area (Å²) in [5.74, 6) is -1.71. The molecular weight excluding hydrogens is 443 g/mol. The molecule has 0 saturated heterocycles. The monoisotopic (exact) mass is 463 g/mol. The number of nitrogens with zero attached hydrogens (tertiary/aromatic N) is 1. The first-order valence-corrected chi connectivity index (χ1v) is 11.3. The summed E-state index contributed by atoms with van der Waals surface area (Å²) in [6, 6.07) is 13.5. The zero-order valence-electron chi connectivity index (χ0n) is 16.9. The Balaban J connectivity index is 1.49. The number of fused-ring (bicyclic) bond motifs is 1. The molecule has 3 aromatic carbocycles. The van der Waals surface area contributed by atoms with Crippen molar-refractivity contribution in [3.05, 3.63) is 94.8 Å². The normalized spacial score (nSPS) is 14.5. The van der Waals surface area contributed by atoms with Crippen molar-refractivity contribution >= 4 is 10.0 Å². The van der Waals surface area contributed by atoms with Crippen LogP contribution in [0.2, 0.25) is 0 Å². The van der Waals surface area contributed by atoms with Crippen molar-refractivity contribution in [2.45, 2.75) is 24.7 Å². The van der Waals surface area contributed by atoms with Gasteiger partial charge in [-0.05, 0) is 47.5 Å². The van der Waals surface area contributed by atoms with E-state index in [1.807, 2.05) is 6.07 Å². The van der Waals surface area contributed by atoms with Gasteiger partial charge in [0, 0.05) is 24.7 Å². The molecule has 1 heterocycles. The van der Waals surface area contributed by atoms with Crippen LogP contribution in [0, 0.1) is 17.5 Å². The highest BCUT2D eigenvalue weighted by Crippen LogP contribution is 2.28. The molecule has 168 valence electrons. The summed E-state index contributed by atoms with van der Waals surface area (Å²) in [6.45, 7) is 0.670. The van der Waals surface area contributed by atoms with Gasteiger partial charge in [0.05, 0.1) is 18.1 Å². The lowest BCUT2D eigenvalue weighted by Gasteiger charge is -2.20. The van der Waals surface area contributed by atoms with Crippen LogP contribution in [0.1, 0.15) is 16.7 Å². The second kappa shape index (κ2) is 9.32. The molecule has 0 aliphatic carbocycles. The Bertz CT molecular complexity index is 1200. The van der Waals surface area contributed by atoms with Crippen LogP contribution < -0.4 is 4.74 Å². The van der Waals surface area contributed by atoms with E-state index in [4.69, 9.17) is 9.47 Å². The van der Waals surface area contributed by atoms with Gasteiger partial charge in [-0.2, -0.15) is 4.31 Å². The van der Waals surface area contributed by atoms with Gasteiger partial charge >= 0.3 is 0 Å². The molecule has 0 atom stereocenters. The third-order valence-corrected chi connectivity index (χ3v) is 6.82. The Hall–Kier alpha value is -2.88. The van der Waals surface area contributed by atoms with Crippen molar-refractivity contribution in [3.63, 3.8) is 0 Å². The molecule has 3 aromatic rings. The van der Waals surface area contributed by atoms with Crippen molar-refractivity contribution in [3.8, 4) is 5.75 Å². The molecule has 32 heavy (non-hydrogen) atoms. The molecule has 5 nitrogen and oxygen atoms in total.